The van der Waals surface area contributed by atoms with E-state index in [9.17, 15) is 0 Å². The van der Waals surface area contributed by atoms with Crippen molar-refractivity contribution in [2.45, 2.75) is 13.0 Å². The van der Waals surface area contributed by atoms with Gasteiger partial charge in [-0.3, -0.25) is 0 Å². The summed E-state index contributed by atoms with van der Waals surface area (Å²) in [6, 6.07) is 7.20. The Morgan fingerprint density at radius 2 is 2.27 bits per heavy atom. The highest BCUT2D eigenvalue weighted by Gasteiger charge is 2.12. The second kappa shape index (κ2) is 5.01. The van der Waals surface area contributed by atoms with Crippen molar-refractivity contribution in [3.8, 4) is 6.07 Å². The minimum Gasteiger partial charge on any atom is -0.394 e. The summed E-state index contributed by atoms with van der Waals surface area (Å²) in [5.74, 6) is 0. The van der Waals surface area contributed by atoms with Crippen molar-refractivity contribution in [2.75, 3.05) is 18.6 Å². The first-order valence-corrected chi connectivity index (χ1v) is 5.01. The molecule has 0 amide bonds. The van der Waals surface area contributed by atoms with Gasteiger partial charge >= 0.3 is 0 Å². The number of halogens is 1. The summed E-state index contributed by atoms with van der Waals surface area (Å²) in [6.45, 7) is 1.93. The molecule has 1 N–H and O–H groups in total. The Morgan fingerprint density at radius 1 is 1.60 bits per heavy atom. The van der Waals surface area contributed by atoms with E-state index in [1.165, 1.54) is 0 Å². The largest absolute Gasteiger partial charge is 0.394 e. The van der Waals surface area contributed by atoms with Gasteiger partial charge in [-0.25, -0.2) is 0 Å². The van der Waals surface area contributed by atoms with E-state index in [2.05, 4.69) is 6.07 Å². The van der Waals surface area contributed by atoms with Crippen LogP contribution < -0.4 is 4.90 Å². The van der Waals surface area contributed by atoms with E-state index in [-0.39, 0.29) is 12.6 Å². The van der Waals surface area contributed by atoms with E-state index in [1.54, 1.807) is 18.2 Å². The molecule has 4 heteroatoms. The van der Waals surface area contributed by atoms with Crippen molar-refractivity contribution in [3.63, 3.8) is 0 Å². The molecular formula is C11H13ClN2O. The molecule has 0 aromatic heterocycles. The van der Waals surface area contributed by atoms with Crippen LogP contribution in [0.4, 0.5) is 5.69 Å². The van der Waals surface area contributed by atoms with Gasteiger partial charge in [-0.2, -0.15) is 5.26 Å². The maximum atomic E-state index is 9.03. The highest BCUT2D eigenvalue weighted by Crippen LogP contribution is 2.24. The van der Waals surface area contributed by atoms with Crippen LogP contribution in [0.3, 0.4) is 0 Å². The molecule has 80 valence electrons. The second-order valence-corrected chi connectivity index (χ2v) is 3.85. The lowest BCUT2D eigenvalue weighted by Crippen LogP contribution is -2.32. The molecule has 1 atom stereocenters. The fraction of sp³-hybridized carbons (Fsp3) is 0.364. The third-order valence-electron chi connectivity index (χ3n) is 2.38. The molecule has 1 aromatic rings. The van der Waals surface area contributed by atoms with Gasteiger partial charge in [0.15, 0.2) is 0 Å². The molecule has 0 saturated heterocycles. The highest BCUT2D eigenvalue weighted by atomic mass is 35.5. The smallest absolute Gasteiger partial charge is 0.101 e. The predicted octanol–water partition coefficient (Wildman–Crippen LogP) is 2.03. The maximum Gasteiger partial charge on any atom is 0.101 e. The molecule has 1 rings (SSSR count). The molecule has 0 fully saturated rings. The zero-order valence-corrected chi connectivity index (χ0v) is 9.49. The van der Waals surface area contributed by atoms with Crippen LogP contribution in [-0.4, -0.2) is 24.8 Å². The van der Waals surface area contributed by atoms with Gasteiger partial charge < -0.3 is 10.0 Å². The Kier molecular flexibility index (Phi) is 3.96. The van der Waals surface area contributed by atoms with Crippen molar-refractivity contribution in [1.82, 2.24) is 0 Å². The summed E-state index contributed by atoms with van der Waals surface area (Å²) < 4.78 is 0. The summed E-state index contributed by atoms with van der Waals surface area (Å²) in [7, 11) is 1.84. The first-order chi connectivity index (χ1) is 7.10. The van der Waals surface area contributed by atoms with Gasteiger partial charge in [-0.15, -0.1) is 0 Å². The number of nitrogens with zero attached hydrogens (tertiary/aromatic N) is 2. The molecule has 0 aliphatic heterocycles. The van der Waals surface area contributed by atoms with Gasteiger partial charge in [0.2, 0.25) is 0 Å². The third-order valence-corrected chi connectivity index (χ3v) is 2.62. The summed E-state index contributed by atoms with van der Waals surface area (Å²) in [4.78, 5) is 1.86. The molecule has 1 aromatic carbocycles. The zero-order valence-electron chi connectivity index (χ0n) is 8.74. The van der Waals surface area contributed by atoms with Crippen LogP contribution in [0.5, 0.6) is 0 Å². The Bertz CT molecular complexity index is 387. The molecule has 0 heterocycles. The molecule has 3 nitrogen and oxygen atoms in total. The van der Waals surface area contributed by atoms with Crippen molar-refractivity contribution >= 4 is 17.3 Å². The number of benzene rings is 1. The van der Waals surface area contributed by atoms with E-state index in [4.69, 9.17) is 22.0 Å². The number of rotatable bonds is 3. The summed E-state index contributed by atoms with van der Waals surface area (Å²) in [5.41, 5.74) is 1.30. The van der Waals surface area contributed by atoms with Crippen molar-refractivity contribution in [2.24, 2.45) is 0 Å². The van der Waals surface area contributed by atoms with Crippen LogP contribution >= 0.6 is 11.6 Å². The quantitative estimate of drug-likeness (QED) is 0.855. The molecule has 0 radical (unpaired) electrons. The maximum absolute atomic E-state index is 9.03. The lowest BCUT2D eigenvalue weighted by Gasteiger charge is -2.26. The Hall–Kier alpha value is -1.24. The number of likely N-dealkylation sites (N-methyl/N-ethyl adjacent to an activating group) is 1. The first kappa shape index (κ1) is 11.8. The molecule has 0 saturated carbocycles. The van der Waals surface area contributed by atoms with Crippen molar-refractivity contribution in [1.29, 1.82) is 5.26 Å². The lowest BCUT2D eigenvalue weighted by molar-refractivity contribution is 0.270. The van der Waals surface area contributed by atoms with E-state index >= 15 is 0 Å². The number of nitriles is 1. The molecule has 0 aliphatic carbocycles. The minimum absolute atomic E-state index is 0.0294. The van der Waals surface area contributed by atoms with Gasteiger partial charge in [0, 0.05) is 18.1 Å². The fourth-order valence-corrected chi connectivity index (χ4v) is 1.44. The number of hydrogen-bond donors (Lipinski definition) is 1. The lowest BCUT2D eigenvalue weighted by atomic mass is 10.1. The number of aliphatic hydroxyl groups excluding tert-OH is 1. The third kappa shape index (κ3) is 2.62. The predicted molar refractivity (Wildman–Crippen MR) is 61.1 cm³/mol. The van der Waals surface area contributed by atoms with Gasteiger partial charge in [-0.1, -0.05) is 11.6 Å². The average Bonchev–Trinajstić information content (AvgIpc) is 2.26. The first-order valence-electron chi connectivity index (χ1n) is 4.63. The Balaban J connectivity index is 3.09. The minimum atomic E-state index is -0.0294. The van der Waals surface area contributed by atoms with Crippen LogP contribution in [-0.2, 0) is 0 Å². The molecular weight excluding hydrogens is 212 g/mol. The number of anilines is 1. The van der Waals surface area contributed by atoms with E-state index < -0.39 is 0 Å². The molecule has 0 spiro atoms. The topological polar surface area (TPSA) is 47.3 Å². The monoisotopic (exact) mass is 224 g/mol. The van der Waals surface area contributed by atoms with E-state index in [1.807, 2.05) is 18.9 Å². The zero-order chi connectivity index (χ0) is 11.4. The highest BCUT2D eigenvalue weighted by molar-refractivity contribution is 6.30. The average molecular weight is 225 g/mol. The Morgan fingerprint density at radius 3 is 2.80 bits per heavy atom. The summed E-state index contributed by atoms with van der Waals surface area (Å²) in [6.07, 6.45) is 0. The van der Waals surface area contributed by atoms with Gasteiger partial charge in [-0.05, 0) is 25.1 Å². The van der Waals surface area contributed by atoms with Gasteiger partial charge in [0.1, 0.15) is 6.07 Å². The van der Waals surface area contributed by atoms with Crippen LogP contribution in [0, 0.1) is 11.3 Å². The Labute approximate surface area is 94.5 Å². The van der Waals surface area contributed by atoms with E-state index in [0.717, 1.165) is 5.69 Å². The molecule has 0 aliphatic rings. The van der Waals surface area contributed by atoms with Gasteiger partial charge in [0.25, 0.3) is 0 Å². The fourth-order valence-electron chi connectivity index (χ4n) is 1.27. The SMILES string of the molecule is CC(CO)N(C)c1ccc(Cl)cc1C#N. The van der Waals surface area contributed by atoms with Crippen LogP contribution in [0.25, 0.3) is 0 Å². The molecule has 1 unspecified atom stereocenters. The number of hydrogen-bond acceptors (Lipinski definition) is 3. The van der Waals surface area contributed by atoms with Gasteiger partial charge in [0.05, 0.1) is 17.9 Å². The van der Waals surface area contributed by atoms with Crippen LogP contribution in [0.1, 0.15) is 12.5 Å². The summed E-state index contributed by atoms with van der Waals surface area (Å²) >= 11 is 5.79. The molecule has 15 heavy (non-hydrogen) atoms. The normalized spacial score (nSPS) is 11.9. The van der Waals surface area contributed by atoms with Crippen LogP contribution in [0.2, 0.25) is 5.02 Å². The molecule has 0 bridgehead atoms. The second-order valence-electron chi connectivity index (χ2n) is 3.42. The van der Waals surface area contributed by atoms with Crippen molar-refractivity contribution in [3.05, 3.63) is 28.8 Å². The van der Waals surface area contributed by atoms with E-state index in [0.29, 0.717) is 10.6 Å². The van der Waals surface area contributed by atoms with Crippen molar-refractivity contribution < 1.29 is 5.11 Å². The number of aliphatic hydroxyl groups is 1. The van der Waals surface area contributed by atoms with Crippen LogP contribution in [0.15, 0.2) is 18.2 Å². The summed E-state index contributed by atoms with van der Waals surface area (Å²) in [5, 5.41) is 18.5. The standard InChI is InChI=1S/C11H13ClN2O/c1-8(7-15)14(2)11-4-3-10(12)5-9(11)6-13/h3-5,8,15H,7H2,1-2H3.